The van der Waals surface area contributed by atoms with Gasteiger partial charge in [0, 0.05) is 24.0 Å². The van der Waals surface area contributed by atoms with Crippen LogP contribution in [0.5, 0.6) is 11.5 Å². The van der Waals surface area contributed by atoms with Crippen molar-refractivity contribution in [1.82, 2.24) is 4.90 Å². The Kier molecular flexibility index (Phi) is 14.8. The number of methoxy groups -OCH3 is 1. The molecule has 0 aromatic heterocycles. The van der Waals surface area contributed by atoms with E-state index < -0.39 is 0 Å². The lowest BCUT2D eigenvalue weighted by atomic mass is 10.1. The highest BCUT2D eigenvalue weighted by Gasteiger charge is 2.15. The van der Waals surface area contributed by atoms with Crippen LogP contribution in [0.4, 0.5) is 5.69 Å². The fourth-order valence-corrected chi connectivity index (χ4v) is 5.62. The number of benzene rings is 2. The topological polar surface area (TPSA) is 50.8 Å². The van der Waals surface area contributed by atoms with Gasteiger partial charge in [0.25, 0.3) is 0 Å². The summed E-state index contributed by atoms with van der Waals surface area (Å²) in [6, 6.07) is 13.8. The van der Waals surface area contributed by atoms with Crippen molar-refractivity contribution >= 4 is 23.4 Å². The van der Waals surface area contributed by atoms with Gasteiger partial charge in [-0.3, -0.25) is 4.79 Å². The first-order chi connectivity index (χ1) is 19.2. The molecule has 0 bridgehead atoms. The van der Waals surface area contributed by atoms with Crippen LogP contribution in [0, 0.1) is 0 Å². The second-order valence-electron chi connectivity index (χ2n) is 10.4. The first kappa shape index (κ1) is 30.9. The summed E-state index contributed by atoms with van der Waals surface area (Å²) < 4.78 is 11.7. The second kappa shape index (κ2) is 18.6. The van der Waals surface area contributed by atoms with Gasteiger partial charge in [-0.05, 0) is 35.6 Å². The van der Waals surface area contributed by atoms with Crippen LogP contribution < -0.4 is 14.8 Å². The van der Waals surface area contributed by atoms with Gasteiger partial charge in [0.05, 0.1) is 26.0 Å². The van der Waals surface area contributed by atoms with Crippen LogP contribution in [0.3, 0.4) is 0 Å². The Morgan fingerprint density at radius 1 is 0.923 bits per heavy atom. The summed E-state index contributed by atoms with van der Waals surface area (Å²) in [6.07, 6.45) is 18.1. The SMILES string of the molecule is CCCCCCCCCCCCCCOc1c(CC(=O)Nc2cccc(CN3C=CSC3)c2)cccc1OC. The summed E-state index contributed by atoms with van der Waals surface area (Å²) in [4.78, 5) is 15.2. The maximum absolute atomic E-state index is 12.9. The quantitative estimate of drug-likeness (QED) is 0.166. The number of nitrogens with one attached hydrogen (secondary N) is 1. The molecule has 39 heavy (non-hydrogen) atoms. The number of anilines is 1. The van der Waals surface area contributed by atoms with E-state index in [2.05, 4.69) is 34.8 Å². The van der Waals surface area contributed by atoms with Crippen LogP contribution in [0.2, 0.25) is 0 Å². The summed E-state index contributed by atoms with van der Waals surface area (Å²) in [5.41, 5.74) is 2.84. The molecular weight excluding hydrogens is 504 g/mol. The molecule has 0 radical (unpaired) electrons. The predicted octanol–water partition coefficient (Wildman–Crippen LogP) is 8.93. The number of hydrogen-bond acceptors (Lipinski definition) is 5. The third kappa shape index (κ3) is 12.0. The largest absolute Gasteiger partial charge is 0.493 e. The van der Waals surface area contributed by atoms with Gasteiger partial charge in [0.1, 0.15) is 0 Å². The lowest BCUT2D eigenvalue weighted by molar-refractivity contribution is -0.115. The van der Waals surface area contributed by atoms with Crippen LogP contribution in [0.1, 0.15) is 95.1 Å². The van der Waals surface area contributed by atoms with Gasteiger partial charge in [-0.25, -0.2) is 0 Å². The van der Waals surface area contributed by atoms with Crippen molar-refractivity contribution in [2.75, 3.05) is 24.9 Å². The van der Waals surface area contributed by atoms with Crippen molar-refractivity contribution in [3.63, 3.8) is 0 Å². The van der Waals surface area contributed by atoms with E-state index in [4.69, 9.17) is 9.47 Å². The molecule has 0 saturated heterocycles. The Morgan fingerprint density at radius 2 is 1.62 bits per heavy atom. The standard InChI is InChI=1S/C33H48N2O3S/c1-3-4-5-6-7-8-9-10-11-12-13-14-22-38-33-29(18-16-20-31(33)37-2)25-32(36)34-30-19-15-17-28(24-30)26-35-21-23-39-27-35/h15-21,23-24H,3-14,22,25-27H2,1-2H3,(H,34,36). The molecule has 0 unspecified atom stereocenters. The zero-order valence-corrected chi connectivity index (χ0v) is 24.9. The second-order valence-corrected chi connectivity index (χ2v) is 11.3. The van der Waals surface area contributed by atoms with Crippen molar-refractivity contribution in [2.24, 2.45) is 0 Å². The molecule has 214 valence electrons. The molecule has 1 aliphatic rings. The molecule has 0 saturated carbocycles. The first-order valence-electron chi connectivity index (χ1n) is 14.9. The number of carbonyl (C=O) groups excluding carboxylic acids is 1. The van der Waals surface area contributed by atoms with Gasteiger partial charge in [-0.15, -0.1) is 11.8 Å². The van der Waals surface area contributed by atoms with Gasteiger partial charge in [-0.2, -0.15) is 0 Å². The number of nitrogens with zero attached hydrogens (tertiary/aromatic N) is 1. The van der Waals surface area contributed by atoms with E-state index in [9.17, 15) is 4.79 Å². The maximum Gasteiger partial charge on any atom is 0.228 e. The van der Waals surface area contributed by atoms with Crippen LogP contribution >= 0.6 is 11.8 Å². The highest BCUT2D eigenvalue weighted by atomic mass is 32.2. The molecule has 1 N–H and O–H groups in total. The number of carbonyl (C=O) groups is 1. The molecule has 0 atom stereocenters. The van der Waals surface area contributed by atoms with Crippen LogP contribution in [-0.4, -0.2) is 30.4 Å². The van der Waals surface area contributed by atoms with Gasteiger partial charge in [0.15, 0.2) is 11.5 Å². The summed E-state index contributed by atoms with van der Waals surface area (Å²) in [7, 11) is 1.65. The lowest BCUT2D eigenvalue weighted by Gasteiger charge is -2.16. The Balaban J connectivity index is 1.38. The van der Waals surface area contributed by atoms with E-state index in [1.165, 1.54) is 76.2 Å². The van der Waals surface area contributed by atoms with E-state index >= 15 is 0 Å². The van der Waals surface area contributed by atoms with Crippen molar-refractivity contribution in [1.29, 1.82) is 0 Å². The minimum absolute atomic E-state index is 0.0627. The molecule has 1 heterocycles. The third-order valence-electron chi connectivity index (χ3n) is 7.08. The number of ether oxygens (including phenoxy) is 2. The summed E-state index contributed by atoms with van der Waals surface area (Å²) >= 11 is 1.79. The summed E-state index contributed by atoms with van der Waals surface area (Å²) in [6.45, 7) is 3.74. The van der Waals surface area contributed by atoms with E-state index in [0.29, 0.717) is 18.1 Å². The maximum atomic E-state index is 12.9. The smallest absolute Gasteiger partial charge is 0.228 e. The van der Waals surface area contributed by atoms with Crippen molar-refractivity contribution in [3.05, 3.63) is 65.2 Å². The number of rotatable bonds is 20. The molecule has 2 aromatic carbocycles. The van der Waals surface area contributed by atoms with E-state index in [0.717, 1.165) is 30.1 Å². The fraction of sp³-hybridized carbons (Fsp3) is 0.545. The molecule has 0 fully saturated rings. The minimum atomic E-state index is -0.0627. The van der Waals surface area contributed by atoms with Crippen LogP contribution in [-0.2, 0) is 17.8 Å². The van der Waals surface area contributed by atoms with E-state index in [-0.39, 0.29) is 12.3 Å². The molecule has 2 aromatic rings. The summed E-state index contributed by atoms with van der Waals surface area (Å²) in [5, 5.41) is 5.17. The Labute approximate surface area is 240 Å². The van der Waals surface area contributed by atoms with Crippen LogP contribution in [0.15, 0.2) is 54.1 Å². The Hall–Kier alpha value is -2.60. The average Bonchev–Trinajstić information content (AvgIpc) is 3.45. The van der Waals surface area contributed by atoms with E-state index in [1.807, 2.05) is 36.4 Å². The normalized spacial score (nSPS) is 12.6. The monoisotopic (exact) mass is 552 g/mol. The molecule has 0 spiro atoms. The Bertz CT molecular complexity index is 1010. The molecular formula is C33H48N2O3S. The van der Waals surface area contributed by atoms with Crippen molar-refractivity contribution in [2.45, 2.75) is 96.9 Å². The van der Waals surface area contributed by atoms with Gasteiger partial charge >= 0.3 is 0 Å². The molecule has 5 nitrogen and oxygen atoms in total. The number of para-hydroxylation sites is 1. The lowest BCUT2D eigenvalue weighted by Crippen LogP contribution is -2.16. The summed E-state index contributed by atoms with van der Waals surface area (Å²) in [5.74, 6) is 2.27. The highest BCUT2D eigenvalue weighted by molar-refractivity contribution is 8.02. The zero-order chi connectivity index (χ0) is 27.5. The van der Waals surface area contributed by atoms with Gasteiger partial charge in [0.2, 0.25) is 5.91 Å². The first-order valence-corrected chi connectivity index (χ1v) is 15.9. The number of unbranched alkanes of at least 4 members (excludes halogenated alkanes) is 11. The van der Waals surface area contributed by atoms with Crippen molar-refractivity contribution < 1.29 is 14.3 Å². The molecule has 6 heteroatoms. The van der Waals surface area contributed by atoms with Gasteiger partial charge in [-0.1, -0.05) is 102 Å². The number of hydrogen-bond donors (Lipinski definition) is 1. The number of thioether (sulfide) groups is 1. The van der Waals surface area contributed by atoms with Crippen molar-refractivity contribution in [3.8, 4) is 11.5 Å². The molecule has 3 rings (SSSR count). The predicted molar refractivity (Wildman–Crippen MR) is 165 cm³/mol. The minimum Gasteiger partial charge on any atom is -0.493 e. The van der Waals surface area contributed by atoms with Crippen LogP contribution in [0.25, 0.3) is 0 Å². The fourth-order valence-electron chi connectivity index (χ4n) is 4.91. The van der Waals surface area contributed by atoms with E-state index in [1.54, 1.807) is 18.9 Å². The van der Waals surface area contributed by atoms with Gasteiger partial charge < -0.3 is 19.7 Å². The zero-order valence-electron chi connectivity index (χ0n) is 24.1. The third-order valence-corrected chi connectivity index (χ3v) is 7.88. The number of amides is 1. The Morgan fingerprint density at radius 3 is 2.28 bits per heavy atom. The molecule has 1 amide bonds. The highest BCUT2D eigenvalue weighted by Crippen LogP contribution is 2.32. The average molecular weight is 553 g/mol. The molecule has 0 aliphatic carbocycles. The molecule has 1 aliphatic heterocycles.